The molecule has 0 aliphatic heterocycles. The van der Waals surface area contributed by atoms with Crippen LogP contribution in [0.5, 0.6) is 5.75 Å². The fourth-order valence-corrected chi connectivity index (χ4v) is 3.58. The average molecular weight is 439 g/mol. The zero-order valence-electron chi connectivity index (χ0n) is 14.2. The average Bonchev–Trinajstić information content (AvgIpc) is 2.62. The number of sulfonamides is 1. The van der Waals surface area contributed by atoms with E-state index in [1.165, 1.54) is 30.3 Å². The van der Waals surface area contributed by atoms with Crippen molar-refractivity contribution in [1.29, 1.82) is 0 Å². The fourth-order valence-electron chi connectivity index (χ4n) is 2.09. The van der Waals surface area contributed by atoms with Gasteiger partial charge in [0.2, 0.25) is 10.0 Å². The quantitative estimate of drug-likeness (QED) is 0.616. The van der Waals surface area contributed by atoms with Crippen LogP contribution >= 0.6 is 15.9 Å². The standard InChI is InChI=1S/C18H19BrN2O4S/c1-3-11-20-26(23,24)15-8-6-14(7-9-15)21-18(22)13-5-10-17(25-4-2)16(19)12-13/h3,5-10,12,20H,1,4,11H2,2H3,(H,21,22). The van der Waals surface area contributed by atoms with Gasteiger partial charge in [-0.1, -0.05) is 6.08 Å². The lowest BCUT2D eigenvalue weighted by Crippen LogP contribution is -2.23. The maximum atomic E-state index is 12.3. The molecule has 6 nitrogen and oxygen atoms in total. The van der Waals surface area contributed by atoms with E-state index in [1.807, 2.05) is 6.92 Å². The van der Waals surface area contributed by atoms with Gasteiger partial charge in [-0.05, 0) is 65.3 Å². The minimum Gasteiger partial charge on any atom is -0.493 e. The maximum Gasteiger partial charge on any atom is 0.255 e. The van der Waals surface area contributed by atoms with Crippen LogP contribution in [-0.4, -0.2) is 27.5 Å². The van der Waals surface area contributed by atoms with E-state index < -0.39 is 10.0 Å². The van der Waals surface area contributed by atoms with E-state index >= 15 is 0 Å². The van der Waals surface area contributed by atoms with Crippen LogP contribution in [0, 0.1) is 0 Å². The maximum absolute atomic E-state index is 12.3. The SMILES string of the molecule is C=CCNS(=O)(=O)c1ccc(NC(=O)c2ccc(OCC)c(Br)c2)cc1. The molecule has 138 valence electrons. The molecular formula is C18H19BrN2O4S. The van der Waals surface area contributed by atoms with Crippen LogP contribution in [0.1, 0.15) is 17.3 Å². The summed E-state index contributed by atoms with van der Waals surface area (Å²) in [7, 11) is -3.59. The molecule has 0 heterocycles. The molecule has 2 N–H and O–H groups in total. The number of hydrogen-bond donors (Lipinski definition) is 2. The number of benzene rings is 2. The molecule has 0 unspecified atom stereocenters. The van der Waals surface area contributed by atoms with Crippen molar-refractivity contribution in [2.45, 2.75) is 11.8 Å². The third-order valence-electron chi connectivity index (χ3n) is 3.33. The van der Waals surface area contributed by atoms with E-state index in [2.05, 4.69) is 32.5 Å². The Balaban J connectivity index is 2.10. The second-order valence-electron chi connectivity index (χ2n) is 5.20. The zero-order chi connectivity index (χ0) is 19.2. The molecule has 8 heteroatoms. The summed E-state index contributed by atoms with van der Waals surface area (Å²) < 4.78 is 32.5. The minimum atomic E-state index is -3.59. The molecule has 0 fully saturated rings. The third kappa shape index (κ3) is 5.17. The molecule has 0 radical (unpaired) electrons. The Morgan fingerprint density at radius 1 is 1.23 bits per heavy atom. The second kappa shape index (κ2) is 8.98. The van der Waals surface area contributed by atoms with Gasteiger partial charge in [-0.2, -0.15) is 0 Å². The van der Waals surface area contributed by atoms with Crippen LogP contribution < -0.4 is 14.8 Å². The first kappa shape index (κ1) is 20.2. The van der Waals surface area contributed by atoms with E-state index in [-0.39, 0.29) is 17.3 Å². The van der Waals surface area contributed by atoms with Crippen LogP contribution in [0.15, 0.2) is 64.5 Å². The number of nitrogens with one attached hydrogen (secondary N) is 2. The minimum absolute atomic E-state index is 0.112. The predicted molar refractivity (Wildman–Crippen MR) is 105 cm³/mol. The summed E-state index contributed by atoms with van der Waals surface area (Å²) in [4.78, 5) is 12.5. The molecule has 0 spiro atoms. The van der Waals surface area contributed by atoms with Crippen LogP contribution in [-0.2, 0) is 10.0 Å². The molecule has 0 aliphatic carbocycles. The van der Waals surface area contributed by atoms with Crippen LogP contribution in [0.2, 0.25) is 0 Å². The van der Waals surface area contributed by atoms with Crippen molar-refractivity contribution >= 4 is 37.5 Å². The Labute approximate surface area is 161 Å². The Kier molecular flexibility index (Phi) is 6.96. The molecule has 2 aromatic carbocycles. The van der Waals surface area contributed by atoms with Crippen LogP contribution in [0.4, 0.5) is 5.69 Å². The molecule has 0 aromatic heterocycles. The van der Waals surface area contributed by atoms with Gasteiger partial charge >= 0.3 is 0 Å². The van der Waals surface area contributed by atoms with Crippen molar-refractivity contribution in [3.8, 4) is 5.75 Å². The van der Waals surface area contributed by atoms with Crippen LogP contribution in [0.3, 0.4) is 0 Å². The van der Waals surface area contributed by atoms with Gasteiger partial charge in [0, 0.05) is 17.8 Å². The van der Waals surface area contributed by atoms with Crippen molar-refractivity contribution < 1.29 is 17.9 Å². The Morgan fingerprint density at radius 2 is 1.92 bits per heavy atom. The lowest BCUT2D eigenvalue weighted by Gasteiger charge is -2.10. The largest absolute Gasteiger partial charge is 0.493 e. The first-order chi connectivity index (χ1) is 12.4. The summed E-state index contributed by atoms with van der Waals surface area (Å²) in [5.74, 6) is 0.347. The summed E-state index contributed by atoms with van der Waals surface area (Å²) in [6, 6.07) is 10.9. The molecule has 2 aromatic rings. The van der Waals surface area contributed by atoms with Gasteiger partial charge in [0.05, 0.1) is 16.0 Å². The number of carbonyl (C=O) groups excluding carboxylic acids is 1. The molecule has 0 bridgehead atoms. The highest BCUT2D eigenvalue weighted by molar-refractivity contribution is 9.10. The lowest BCUT2D eigenvalue weighted by molar-refractivity contribution is 0.102. The van der Waals surface area contributed by atoms with Crippen molar-refractivity contribution in [2.75, 3.05) is 18.5 Å². The van der Waals surface area contributed by atoms with Crippen molar-refractivity contribution in [3.63, 3.8) is 0 Å². The highest BCUT2D eigenvalue weighted by atomic mass is 79.9. The molecule has 26 heavy (non-hydrogen) atoms. The Morgan fingerprint density at radius 3 is 2.50 bits per heavy atom. The normalized spacial score (nSPS) is 11.0. The number of hydrogen-bond acceptors (Lipinski definition) is 4. The molecule has 2 rings (SSSR count). The number of carbonyl (C=O) groups is 1. The first-order valence-corrected chi connectivity index (χ1v) is 10.1. The predicted octanol–water partition coefficient (Wildman–Crippen LogP) is 3.56. The zero-order valence-corrected chi connectivity index (χ0v) is 16.6. The van der Waals surface area contributed by atoms with Crippen LogP contribution in [0.25, 0.3) is 0 Å². The van der Waals surface area contributed by atoms with Gasteiger partial charge in [-0.15, -0.1) is 6.58 Å². The van der Waals surface area contributed by atoms with Crippen molar-refractivity contribution in [3.05, 3.63) is 65.2 Å². The second-order valence-corrected chi connectivity index (χ2v) is 7.82. The number of halogens is 1. The van der Waals surface area contributed by atoms with Gasteiger partial charge in [0.15, 0.2) is 0 Å². The van der Waals surface area contributed by atoms with Crippen molar-refractivity contribution in [1.82, 2.24) is 4.72 Å². The fraction of sp³-hybridized carbons (Fsp3) is 0.167. The van der Waals surface area contributed by atoms with Gasteiger partial charge in [-0.3, -0.25) is 4.79 Å². The molecule has 0 aliphatic rings. The molecular weight excluding hydrogens is 420 g/mol. The Bertz CT molecular complexity index is 896. The summed E-state index contributed by atoms with van der Waals surface area (Å²) in [6.45, 7) is 6.02. The van der Waals surface area contributed by atoms with E-state index in [4.69, 9.17) is 4.74 Å². The highest BCUT2D eigenvalue weighted by Gasteiger charge is 2.13. The summed E-state index contributed by atoms with van der Waals surface area (Å²) >= 11 is 3.37. The molecule has 1 amide bonds. The summed E-state index contributed by atoms with van der Waals surface area (Å²) in [5.41, 5.74) is 0.937. The van der Waals surface area contributed by atoms with E-state index in [9.17, 15) is 13.2 Å². The number of anilines is 1. The number of ether oxygens (including phenoxy) is 1. The number of amides is 1. The van der Waals surface area contributed by atoms with Gasteiger partial charge in [0.25, 0.3) is 5.91 Å². The topological polar surface area (TPSA) is 84.5 Å². The summed E-state index contributed by atoms with van der Waals surface area (Å²) in [6.07, 6.45) is 1.46. The first-order valence-electron chi connectivity index (χ1n) is 7.81. The summed E-state index contributed by atoms with van der Waals surface area (Å²) in [5, 5.41) is 2.73. The molecule has 0 saturated carbocycles. The van der Waals surface area contributed by atoms with Crippen molar-refractivity contribution in [2.24, 2.45) is 0 Å². The van der Waals surface area contributed by atoms with E-state index in [1.54, 1.807) is 18.2 Å². The van der Waals surface area contributed by atoms with E-state index in [0.29, 0.717) is 28.1 Å². The molecule has 0 saturated heterocycles. The molecule has 0 atom stereocenters. The van der Waals surface area contributed by atoms with Gasteiger partial charge in [-0.25, -0.2) is 13.1 Å². The smallest absolute Gasteiger partial charge is 0.255 e. The highest BCUT2D eigenvalue weighted by Crippen LogP contribution is 2.26. The van der Waals surface area contributed by atoms with E-state index in [0.717, 1.165) is 0 Å². The lowest BCUT2D eigenvalue weighted by atomic mass is 10.2. The number of rotatable bonds is 8. The van der Waals surface area contributed by atoms with Gasteiger partial charge in [0.1, 0.15) is 5.75 Å². The third-order valence-corrected chi connectivity index (χ3v) is 5.39. The van der Waals surface area contributed by atoms with Gasteiger partial charge < -0.3 is 10.1 Å². The Hall–Kier alpha value is -2.16. The monoisotopic (exact) mass is 438 g/mol.